The molecule has 0 saturated carbocycles. The van der Waals surface area contributed by atoms with Crippen molar-refractivity contribution in [3.63, 3.8) is 0 Å². The fourth-order valence-corrected chi connectivity index (χ4v) is 0.676. The lowest BCUT2D eigenvalue weighted by atomic mass is 9.88. The molecule has 0 rings (SSSR count). The summed E-state index contributed by atoms with van der Waals surface area (Å²) in [6.45, 7) is 9.46. The van der Waals surface area contributed by atoms with Crippen LogP contribution in [-0.2, 0) is 9.22 Å². The van der Waals surface area contributed by atoms with Gasteiger partial charge in [0.1, 0.15) is 0 Å². The maximum atomic E-state index is 10.9. The van der Waals surface area contributed by atoms with E-state index in [-0.39, 0.29) is 11.4 Å². The molecule has 0 aliphatic heterocycles. The van der Waals surface area contributed by atoms with Crippen LogP contribution in [0, 0.1) is 5.41 Å². The van der Waals surface area contributed by atoms with E-state index in [0.717, 1.165) is 0 Å². The molecule has 0 aromatic carbocycles. The first kappa shape index (κ1) is 9.43. The second-order valence-corrected chi connectivity index (χ2v) is 3.63. The molecule has 0 bridgehead atoms. The number of carbonyl (C=O) groups excluding carboxylic acids is 1. The molecule has 0 radical (unpaired) electrons. The van der Waals surface area contributed by atoms with Gasteiger partial charge in [0.15, 0.2) is 0 Å². The molecule has 0 aromatic rings. The van der Waals surface area contributed by atoms with Gasteiger partial charge in [0.05, 0.1) is 0 Å². The van der Waals surface area contributed by atoms with Gasteiger partial charge in [-0.1, -0.05) is 27.4 Å². The van der Waals surface area contributed by atoms with E-state index < -0.39 is 0 Å². The van der Waals surface area contributed by atoms with Gasteiger partial charge in [-0.05, 0) is 5.41 Å². The van der Waals surface area contributed by atoms with Crippen LogP contribution in [0.25, 0.3) is 0 Å². The zero-order chi connectivity index (χ0) is 8.36. The third-order valence-electron chi connectivity index (χ3n) is 1.34. The Morgan fingerprint density at radius 2 is 1.90 bits per heavy atom. The molecule has 0 aromatic heterocycles. The van der Waals surface area contributed by atoms with Gasteiger partial charge in [-0.15, -0.1) is 0 Å². The number of hydrogen-bond acceptors (Lipinski definition) is 2. The molecule has 0 N–H and O–H groups in total. The smallest absolute Gasteiger partial charge is 0.319 e. The summed E-state index contributed by atoms with van der Waals surface area (Å²) in [4.78, 5) is 10.9. The Morgan fingerprint density at radius 1 is 1.50 bits per heavy atom. The minimum Gasteiger partial charge on any atom is -0.525 e. The summed E-state index contributed by atoms with van der Waals surface area (Å²) >= 11 is 0. The monoisotopic (exact) mass is 158 g/mol. The number of rotatable bonds is 1. The molecule has 10 heavy (non-hydrogen) atoms. The summed E-state index contributed by atoms with van der Waals surface area (Å²) in [6, 6.07) is 0. The van der Waals surface area contributed by atoms with Crippen LogP contribution in [0.15, 0.2) is 12.2 Å². The molecule has 0 heterocycles. The average molecular weight is 158 g/mol. The molecule has 0 spiro atoms. The summed E-state index contributed by atoms with van der Waals surface area (Å²) in [5.74, 6) is -0.265. The van der Waals surface area contributed by atoms with Crippen molar-refractivity contribution in [3.8, 4) is 0 Å². The van der Waals surface area contributed by atoms with Crippen molar-refractivity contribution in [2.45, 2.75) is 20.8 Å². The summed E-state index contributed by atoms with van der Waals surface area (Å²) in [6.07, 6.45) is 0. The van der Waals surface area contributed by atoms with Gasteiger partial charge in [0.25, 0.3) is 0 Å². The largest absolute Gasteiger partial charge is 0.525 e. The van der Waals surface area contributed by atoms with Crippen molar-refractivity contribution >= 4 is 16.5 Å². The van der Waals surface area contributed by atoms with Crippen molar-refractivity contribution in [1.82, 2.24) is 0 Å². The molecule has 0 saturated heterocycles. The second kappa shape index (κ2) is 3.01. The van der Waals surface area contributed by atoms with Crippen LogP contribution < -0.4 is 0 Å². The van der Waals surface area contributed by atoms with E-state index in [9.17, 15) is 4.79 Å². The molecule has 0 unspecified atom stereocenters. The van der Waals surface area contributed by atoms with Gasteiger partial charge >= 0.3 is 5.97 Å². The van der Waals surface area contributed by atoms with Crippen LogP contribution in [-0.4, -0.2) is 16.5 Å². The Bertz CT molecular complexity index is 155. The van der Waals surface area contributed by atoms with Gasteiger partial charge in [0.2, 0.25) is 10.5 Å². The summed E-state index contributed by atoms with van der Waals surface area (Å²) < 4.78 is 4.64. The zero-order valence-corrected chi connectivity index (χ0v) is 9.02. The lowest BCUT2D eigenvalue weighted by molar-refractivity contribution is -0.130. The fourth-order valence-electron chi connectivity index (χ4n) is 0.429. The van der Waals surface area contributed by atoms with Crippen molar-refractivity contribution in [2.24, 2.45) is 5.41 Å². The van der Waals surface area contributed by atoms with E-state index in [1.165, 1.54) is 0 Å². The standard InChI is InChI=1S/C7H14O2Si/c1-5(6(8)9-10)7(2,3)4/h1H2,2-4,10H3. The molecule has 2 nitrogen and oxygen atoms in total. The molecule has 0 atom stereocenters. The molecule has 0 aliphatic rings. The second-order valence-electron chi connectivity index (χ2n) is 3.22. The maximum absolute atomic E-state index is 10.9. The van der Waals surface area contributed by atoms with Crippen molar-refractivity contribution in [1.29, 1.82) is 0 Å². The molecule has 0 aliphatic carbocycles. The maximum Gasteiger partial charge on any atom is 0.319 e. The number of carbonyl (C=O) groups is 1. The number of hydrogen-bond donors (Lipinski definition) is 0. The molecular formula is C7H14O2Si. The van der Waals surface area contributed by atoms with E-state index in [1.54, 1.807) is 0 Å². The predicted molar refractivity (Wildman–Crippen MR) is 44.6 cm³/mol. The van der Waals surface area contributed by atoms with Crippen LogP contribution in [0.3, 0.4) is 0 Å². The van der Waals surface area contributed by atoms with E-state index >= 15 is 0 Å². The SMILES string of the molecule is C=C(C(=O)O[SiH3])C(C)(C)C. The van der Waals surface area contributed by atoms with Gasteiger partial charge in [-0.25, -0.2) is 4.79 Å². The van der Waals surface area contributed by atoms with Crippen LogP contribution in [0.5, 0.6) is 0 Å². The molecule has 0 fully saturated rings. The molecule has 58 valence electrons. The molecule has 3 heteroatoms. The van der Waals surface area contributed by atoms with Crippen molar-refractivity contribution in [2.75, 3.05) is 0 Å². The van der Waals surface area contributed by atoms with Gasteiger partial charge in [-0.2, -0.15) is 0 Å². The average Bonchev–Trinajstić information content (AvgIpc) is 1.83. The summed E-state index contributed by atoms with van der Waals surface area (Å²) in [5.41, 5.74) is 0.379. The Morgan fingerprint density at radius 3 is 2.00 bits per heavy atom. The third kappa shape index (κ3) is 2.35. The van der Waals surface area contributed by atoms with Gasteiger partial charge in [0, 0.05) is 5.57 Å². The zero-order valence-electron chi connectivity index (χ0n) is 7.02. The lowest BCUT2D eigenvalue weighted by Crippen LogP contribution is -2.18. The van der Waals surface area contributed by atoms with Gasteiger partial charge in [-0.3, -0.25) is 0 Å². The topological polar surface area (TPSA) is 26.3 Å². The first-order valence-corrected chi connectivity index (χ1v) is 3.99. The molecular weight excluding hydrogens is 144 g/mol. The minimum absolute atomic E-state index is 0.165. The van der Waals surface area contributed by atoms with E-state index in [4.69, 9.17) is 0 Å². The van der Waals surface area contributed by atoms with Crippen molar-refractivity contribution in [3.05, 3.63) is 12.2 Å². The minimum atomic E-state index is -0.265. The highest BCUT2D eigenvalue weighted by Gasteiger charge is 2.21. The van der Waals surface area contributed by atoms with E-state index in [1.807, 2.05) is 20.8 Å². The highest BCUT2D eigenvalue weighted by molar-refractivity contribution is 6.09. The third-order valence-corrected chi connectivity index (χ3v) is 1.71. The van der Waals surface area contributed by atoms with Crippen LogP contribution >= 0.6 is 0 Å². The fraction of sp³-hybridized carbons (Fsp3) is 0.571. The lowest BCUT2D eigenvalue weighted by Gasteiger charge is -2.19. The Hall–Kier alpha value is -0.573. The highest BCUT2D eigenvalue weighted by atomic mass is 28.2. The Balaban J connectivity index is 4.24. The van der Waals surface area contributed by atoms with E-state index in [2.05, 4.69) is 11.0 Å². The highest BCUT2D eigenvalue weighted by Crippen LogP contribution is 2.23. The Kier molecular flexibility index (Phi) is 2.84. The molecule has 0 amide bonds. The first-order valence-electron chi connectivity index (χ1n) is 3.17. The quantitative estimate of drug-likeness (QED) is 0.408. The first-order chi connectivity index (χ1) is 4.39. The Labute approximate surface area is 64.8 Å². The van der Waals surface area contributed by atoms with Crippen LogP contribution in [0.2, 0.25) is 0 Å². The van der Waals surface area contributed by atoms with Gasteiger partial charge < -0.3 is 4.43 Å². The van der Waals surface area contributed by atoms with Crippen LogP contribution in [0.1, 0.15) is 20.8 Å². The normalized spacial score (nSPS) is 11.1. The summed E-state index contributed by atoms with van der Waals surface area (Å²) in [5, 5.41) is 0. The van der Waals surface area contributed by atoms with Crippen molar-refractivity contribution < 1.29 is 9.22 Å². The summed E-state index contributed by atoms with van der Waals surface area (Å²) in [7, 11) is 0.444. The predicted octanol–water partition coefficient (Wildman–Crippen LogP) is 0.412. The van der Waals surface area contributed by atoms with Crippen LogP contribution in [0.4, 0.5) is 0 Å². The van der Waals surface area contributed by atoms with E-state index in [0.29, 0.717) is 16.1 Å².